The molecule has 3 rings (SSSR count). The Labute approximate surface area is 150 Å². The van der Waals surface area contributed by atoms with Gasteiger partial charge in [0.15, 0.2) is 0 Å². The van der Waals surface area contributed by atoms with Crippen LogP contribution in [0.25, 0.3) is 0 Å². The Balaban J connectivity index is 1.67. The van der Waals surface area contributed by atoms with E-state index in [2.05, 4.69) is 5.32 Å². The summed E-state index contributed by atoms with van der Waals surface area (Å²) in [6, 6.07) is 10.1. The van der Waals surface area contributed by atoms with Crippen LogP contribution < -0.4 is 10.2 Å². The Hall–Kier alpha value is -2.67. The van der Waals surface area contributed by atoms with Crippen molar-refractivity contribution >= 4 is 34.9 Å². The smallest absolute Gasteiger partial charge is 0.332 e. The molecular weight excluding hydrogens is 338 g/mol. The van der Waals surface area contributed by atoms with E-state index in [0.717, 1.165) is 15.3 Å². The van der Waals surface area contributed by atoms with Crippen molar-refractivity contribution in [1.29, 1.82) is 0 Å². The predicted octanol–water partition coefficient (Wildman–Crippen LogP) is 2.53. The van der Waals surface area contributed by atoms with Crippen molar-refractivity contribution < 1.29 is 14.4 Å². The molecular formula is C18H19N3O3S. The molecule has 130 valence electrons. The molecule has 1 aromatic carbocycles. The van der Waals surface area contributed by atoms with Crippen LogP contribution in [-0.2, 0) is 16.1 Å². The quantitative estimate of drug-likeness (QED) is 0.836. The van der Waals surface area contributed by atoms with Crippen molar-refractivity contribution in [1.82, 2.24) is 10.2 Å². The Kier molecular flexibility index (Phi) is 4.85. The average molecular weight is 357 g/mol. The Bertz CT molecular complexity index is 786. The summed E-state index contributed by atoms with van der Waals surface area (Å²) in [7, 11) is 0. The summed E-state index contributed by atoms with van der Waals surface area (Å²) in [5, 5.41) is 4.66. The molecule has 0 aliphatic carbocycles. The number of thiophene rings is 1. The van der Waals surface area contributed by atoms with E-state index in [1.54, 1.807) is 19.1 Å². The molecule has 1 fully saturated rings. The number of carbonyl (C=O) groups is 3. The third-order valence-corrected chi connectivity index (χ3v) is 4.98. The number of imide groups is 1. The van der Waals surface area contributed by atoms with E-state index in [1.165, 1.54) is 16.2 Å². The molecule has 4 amide bonds. The lowest BCUT2D eigenvalue weighted by atomic mass is 10.2. The minimum Gasteiger partial charge on any atom is -0.350 e. The van der Waals surface area contributed by atoms with Gasteiger partial charge in [-0.25, -0.2) is 4.79 Å². The molecule has 0 bridgehead atoms. The van der Waals surface area contributed by atoms with Gasteiger partial charge in [-0.1, -0.05) is 23.8 Å². The molecule has 2 heterocycles. The second kappa shape index (κ2) is 7.06. The molecule has 25 heavy (non-hydrogen) atoms. The lowest BCUT2D eigenvalue weighted by Gasteiger charge is -2.19. The van der Waals surface area contributed by atoms with E-state index in [-0.39, 0.29) is 18.4 Å². The molecule has 2 aromatic rings. The maximum Gasteiger partial charge on any atom is 0.332 e. The summed E-state index contributed by atoms with van der Waals surface area (Å²) in [6.45, 7) is 3.75. The van der Waals surface area contributed by atoms with E-state index in [1.807, 2.05) is 36.6 Å². The summed E-state index contributed by atoms with van der Waals surface area (Å²) in [5.41, 5.74) is 1.72. The van der Waals surface area contributed by atoms with Crippen LogP contribution >= 0.6 is 11.3 Å². The Morgan fingerprint density at radius 2 is 1.92 bits per heavy atom. The number of amides is 4. The van der Waals surface area contributed by atoms with Gasteiger partial charge in [-0.2, -0.15) is 0 Å². The zero-order chi connectivity index (χ0) is 18.0. The van der Waals surface area contributed by atoms with Gasteiger partial charge in [0.2, 0.25) is 5.91 Å². The highest BCUT2D eigenvalue weighted by Crippen LogP contribution is 2.25. The number of carbonyl (C=O) groups excluding carboxylic acids is 3. The number of aryl methyl sites for hydroxylation is 1. The van der Waals surface area contributed by atoms with Crippen molar-refractivity contribution in [3.05, 3.63) is 52.2 Å². The fraction of sp³-hybridized carbons (Fsp3) is 0.278. The number of rotatable bonds is 5. The molecule has 1 N–H and O–H groups in total. The van der Waals surface area contributed by atoms with E-state index in [0.29, 0.717) is 12.2 Å². The van der Waals surface area contributed by atoms with Crippen LogP contribution in [0.2, 0.25) is 0 Å². The van der Waals surface area contributed by atoms with Crippen molar-refractivity contribution in [3.63, 3.8) is 0 Å². The molecule has 0 saturated carbocycles. The lowest BCUT2D eigenvalue weighted by molar-refractivity contribution is -0.131. The first-order valence-corrected chi connectivity index (χ1v) is 8.85. The van der Waals surface area contributed by atoms with E-state index in [9.17, 15) is 14.4 Å². The molecule has 1 saturated heterocycles. The first kappa shape index (κ1) is 17.2. The molecule has 1 aliphatic heterocycles. The number of hydrogen-bond donors (Lipinski definition) is 1. The van der Waals surface area contributed by atoms with Gasteiger partial charge in [-0.15, -0.1) is 11.3 Å². The van der Waals surface area contributed by atoms with Crippen LogP contribution in [0.15, 0.2) is 41.8 Å². The van der Waals surface area contributed by atoms with Crippen LogP contribution in [0.5, 0.6) is 0 Å². The minimum absolute atomic E-state index is 0.268. The monoisotopic (exact) mass is 357 g/mol. The van der Waals surface area contributed by atoms with Crippen LogP contribution in [0, 0.1) is 6.92 Å². The number of nitrogens with zero attached hydrogens (tertiary/aromatic N) is 2. The zero-order valence-corrected chi connectivity index (χ0v) is 14.9. The first-order valence-electron chi connectivity index (χ1n) is 7.97. The third kappa shape index (κ3) is 3.56. The summed E-state index contributed by atoms with van der Waals surface area (Å²) in [5.74, 6) is -0.718. The molecule has 0 radical (unpaired) electrons. The second-order valence-electron chi connectivity index (χ2n) is 5.94. The maximum absolute atomic E-state index is 12.6. The average Bonchev–Trinajstić information content (AvgIpc) is 3.18. The summed E-state index contributed by atoms with van der Waals surface area (Å²) >= 11 is 1.54. The van der Waals surface area contributed by atoms with Crippen molar-refractivity contribution in [2.45, 2.75) is 26.4 Å². The number of nitrogens with one attached hydrogen (secondary N) is 1. The van der Waals surface area contributed by atoms with Crippen LogP contribution in [0.3, 0.4) is 0 Å². The number of urea groups is 1. The van der Waals surface area contributed by atoms with Crippen LogP contribution in [-0.4, -0.2) is 35.3 Å². The number of anilines is 1. The van der Waals surface area contributed by atoms with Gasteiger partial charge in [0.25, 0.3) is 5.91 Å². The van der Waals surface area contributed by atoms with Crippen molar-refractivity contribution in [2.75, 3.05) is 11.4 Å². The normalized spacial score (nSPS) is 17.3. The maximum atomic E-state index is 12.6. The topological polar surface area (TPSA) is 69.7 Å². The third-order valence-electron chi connectivity index (χ3n) is 4.10. The van der Waals surface area contributed by atoms with Gasteiger partial charge >= 0.3 is 6.03 Å². The van der Waals surface area contributed by atoms with E-state index >= 15 is 0 Å². The van der Waals surface area contributed by atoms with Crippen molar-refractivity contribution in [3.8, 4) is 0 Å². The SMILES string of the molecule is Cc1ccc(N2C(=O)N(CC(=O)NCc3cccs3)C(=O)C2C)cc1. The van der Waals surface area contributed by atoms with Gasteiger partial charge in [0.05, 0.1) is 6.54 Å². The standard InChI is InChI=1S/C18H19N3O3S/c1-12-5-7-14(8-6-12)21-13(2)17(23)20(18(21)24)11-16(22)19-10-15-4-3-9-25-15/h3-9,13H,10-11H2,1-2H3,(H,19,22). The minimum atomic E-state index is -0.625. The van der Waals surface area contributed by atoms with E-state index in [4.69, 9.17) is 0 Å². The first-order chi connectivity index (χ1) is 12.0. The zero-order valence-electron chi connectivity index (χ0n) is 14.1. The molecule has 1 unspecified atom stereocenters. The van der Waals surface area contributed by atoms with Gasteiger partial charge in [0, 0.05) is 10.6 Å². The molecule has 1 aromatic heterocycles. The summed E-state index contributed by atoms with van der Waals surface area (Å²) in [6.07, 6.45) is 0. The molecule has 7 heteroatoms. The van der Waals surface area contributed by atoms with Crippen molar-refractivity contribution in [2.24, 2.45) is 0 Å². The largest absolute Gasteiger partial charge is 0.350 e. The second-order valence-corrected chi connectivity index (χ2v) is 6.98. The highest BCUT2D eigenvalue weighted by molar-refractivity contribution is 7.09. The number of hydrogen-bond acceptors (Lipinski definition) is 4. The van der Waals surface area contributed by atoms with Gasteiger partial charge < -0.3 is 5.32 Å². The molecule has 6 nitrogen and oxygen atoms in total. The van der Waals surface area contributed by atoms with Gasteiger partial charge in [0.1, 0.15) is 12.6 Å². The Morgan fingerprint density at radius 3 is 2.56 bits per heavy atom. The van der Waals surface area contributed by atoms with Gasteiger partial charge in [-0.3, -0.25) is 19.4 Å². The van der Waals surface area contributed by atoms with E-state index < -0.39 is 12.1 Å². The fourth-order valence-electron chi connectivity index (χ4n) is 2.71. The summed E-state index contributed by atoms with van der Waals surface area (Å²) in [4.78, 5) is 40.6. The molecule has 1 atom stereocenters. The lowest BCUT2D eigenvalue weighted by Crippen LogP contribution is -2.41. The number of benzene rings is 1. The van der Waals surface area contributed by atoms with Crippen LogP contribution in [0.1, 0.15) is 17.4 Å². The van der Waals surface area contributed by atoms with Gasteiger partial charge in [-0.05, 0) is 37.4 Å². The fourth-order valence-corrected chi connectivity index (χ4v) is 3.35. The molecule has 1 aliphatic rings. The Morgan fingerprint density at radius 1 is 1.20 bits per heavy atom. The summed E-state index contributed by atoms with van der Waals surface area (Å²) < 4.78 is 0. The molecule has 0 spiro atoms. The predicted molar refractivity (Wildman–Crippen MR) is 96.4 cm³/mol. The highest BCUT2D eigenvalue weighted by atomic mass is 32.1. The van der Waals surface area contributed by atoms with Crippen LogP contribution in [0.4, 0.5) is 10.5 Å². The highest BCUT2D eigenvalue weighted by Gasteiger charge is 2.43.